The summed E-state index contributed by atoms with van der Waals surface area (Å²) >= 11 is 0. The van der Waals surface area contributed by atoms with Gasteiger partial charge in [0.15, 0.2) is 0 Å². The second kappa shape index (κ2) is 4.24. The van der Waals surface area contributed by atoms with Gasteiger partial charge in [0.2, 0.25) is 5.78 Å². The molecule has 68 valence electrons. The Hall–Kier alpha value is -0.860. The fourth-order valence-corrected chi connectivity index (χ4v) is 0.852. The van der Waals surface area contributed by atoms with Gasteiger partial charge in [-0.1, -0.05) is 13.3 Å². The van der Waals surface area contributed by atoms with E-state index >= 15 is 0 Å². The third-order valence-electron chi connectivity index (χ3n) is 1.75. The summed E-state index contributed by atoms with van der Waals surface area (Å²) in [6.45, 7) is 1.90. The third kappa shape index (κ3) is 3.03. The fourth-order valence-electron chi connectivity index (χ4n) is 0.852. The molecule has 0 aromatic carbocycles. The number of Topliss-reactive ketones (excluding diaryl/α,β-unsaturated/α-hetero) is 1. The highest BCUT2D eigenvalue weighted by atomic mass is 16.2. The number of hydrogen-bond donors (Lipinski definition) is 1. The van der Waals surface area contributed by atoms with Gasteiger partial charge in [0, 0.05) is 13.8 Å². The zero-order valence-corrected chi connectivity index (χ0v) is 7.30. The molecule has 0 unspecified atom stereocenters. The Labute approximate surface area is 73.9 Å². The predicted molar refractivity (Wildman–Crippen MR) is 45.7 cm³/mol. The molecule has 0 aromatic rings. The summed E-state index contributed by atoms with van der Waals surface area (Å²) in [5, 5.41) is 2.58. The number of hydrogen-bond acceptors (Lipinski definition) is 2. The Morgan fingerprint density at radius 3 is 2.75 bits per heavy atom. The predicted octanol–water partition coefficient (Wildman–Crippen LogP) is 1.02. The number of ketones is 1. The van der Waals surface area contributed by atoms with Gasteiger partial charge in [0.05, 0.1) is 0 Å². The minimum Gasteiger partial charge on any atom is -0.347 e. The van der Waals surface area contributed by atoms with E-state index in [4.69, 9.17) is 1.37 Å². The van der Waals surface area contributed by atoms with E-state index in [1.165, 1.54) is 0 Å². The molecule has 0 bridgehead atoms. The summed E-state index contributed by atoms with van der Waals surface area (Å²) in [6.07, 6.45) is 2.29. The smallest absolute Gasteiger partial charge is 0.287 e. The van der Waals surface area contributed by atoms with Crippen LogP contribution in [0.1, 0.15) is 40.4 Å². The minimum absolute atomic E-state index is 0.199. The molecule has 12 heavy (non-hydrogen) atoms. The maximum Gasteiger partial charge on any atom is 0.287 e. The SMILES string of the molecule is [2H][C@@H](CCC)C(=O)C(=O)NC1CC1. The number of rotatable bonds is 5. The lowest BCUT2D eigenvalue weighted by Gasteiger charge is -2.00. The fraction of sp³-hybridized carbons (Fsp3) is 0.778. The number of amides is 1. The highest BCUT2D eigenvalue weighted by molar-refractivity contribution is 6.36. The second-order valence-electron chi connectivity index (χ2n) is 3.10. The van der Waals surface area contributed by atoms with Gasteiger partial charge in [-0.15, -0.1) is 0 Å². The van der Waals surface area contributed by atoms with E-state index in [-0.39, 0.29) is 6.04 Å². The van der Waals surface area contributed by atoms with E-state index in [9.17, 15) is 9.59 Å². The second-order valence-corrected chi connectivity index (χ2v) is 3.10. The van der Waals surface area contributed by atoms with Crippen LogP contribution in [0.15, 0.2) is 0 Å². The van der Waals surface area contributed by atoms with E-state index in [0.717, 1.165) is 19.3 Å². The molecule has 1 fully saturated rings. The van der Waals surface area contributed by atoms with E-state index in [0.29, 0.717) is 6.42 Å². The summed E-state index contributed by atoms with van der Waals surface area (Å²) in [5.74, 6) is -1.16. The normalized spacial score (nSPS) is 19.6. The van der Waals surface area contributed by atoms with Crippen LogP contribution in [0, 0.1) is 0 Å². The van der Waals surface area contributed by atoms with Gasteiger partial charge in [0.25, 0.3) is 5.91 Å². The van der Waals surface area contributed by atoms with Crippen molar-refractivity contribution in [3.05, 3.63) is 0 Å². The van der Waals surface area contributed by atoms with Gasteiger partial charge in [-0.2, -0.15) is 0 Å². The zero-order chi connectivity index (χ0) is 9.84. The average molecular weight is 170 g/mol. The Morgan fingerprint density at radius 1 is 1.58 bits per heavy atom. The summed E-state index contributed by atoms with van der Waals surface area (Å²) in [4.78, 5) is 22.3. The first-order valence-electron chi connectivity index (χ1n) is 4.99. The molecule has 3 heteroatoms. The molecule has 1 aliphatic rings. The van der Waals surface area contributed by atoms with Crippen molar-refractivity contribution in [3.63, 3.8) is 0 Å². The van der Waals surface area contributed by atoms with Gasteiger partial charge in [0.1, 0.15) is 0 Å². The molecule has 0 aromatic heterocycles. The summed E-state index contributed by atoms with van der Waals surface area (Å²) < 4.78 is 7.36. The molecule has 0 radical (unpaired) electrons. The van der Waals surface area contributed by atoms with Crippen LogP contribution < -0.4 is 5.32 Å². The first-order valence-corrected chi connectivity index (χ1v) is 4.42. The monoisotopic (exact) mass is 170 g/mol. The molecule has 0 spiro atoms. The van der Waals surface area contributed by atoms with Crippen LogP contribution in [0.4, 0.5) is 0 Å². The first kappa shape index (κ1) is 7.77. The highest BCUT2D eigenvalue weighted by Crippen LogP contribution is 2.18. The van der Waals surface area contributed by atoms with Gasteiger partial charge < -0.3 is 5.32 Å². The highest BCUT2D eigenvalue weighted by Gasteiger charge is 2.25. The molecule has 1 saturated carbocycles. The van der Waals surface area contributed by atoms with E-state index in [2.05, 4.69) is 5.32 Å². The van der Waals surface area contributed by atoms with Crippen molar-refractivity contribution in [2.75, 3.05) is 0 Å². The molecule has 1 N–H and O–H groups in total. The van der Waals surface area contributed by atoms with Crippen molar-refractivity contribution in [1.82, 2.24) is 5.32 Å². The summed E-state index contributed by atoms with van der Waals surface area (Å²) in [6, 6.07) is 0.199. The quantitative estimate of drug-likeness (QED) is 0.626. The van der Waals surface area contributed by atoms with Crippen LogP contribution in [-0.2, 0) is 9.59 Å². The van der Waals surface area contributed by atoms with Crippen LogP contribution in [0.5, 0.6) is 0 Å². The molecule has 1 aliphatic carbocycles. The van der Waals surface area contributed by atoms with Crippen LogP contribution in [0.25, 0.3) is 0 Å². The van der Waals surface area contributed by atoms with Crippen molar-refractivity contribution in [2.45, 2.75) is 45.0 Å². The van der Waals surface area contributed by atoms with Gasteiger partial charge in [-0.3, -0.25) is 9.59 Å². The van der Waals surface area contributed by atoms with Gasteiger partial charge in [-0.05, 0) is 19.3 Å². The molecule has 0 aliphatic heterocycles. The van der Waals surface area contributed by atoms with Gasteiger partial charge >= 0.3 is 0 Å². The molecule has 1 amide bonds. The van der Waals surface area contributed by atoms with E-state index < -0.39 is 18.1 Å². The topological polar surface area (TPSA) is 46.2 Å². The Balaban J connectivity index is 2.31. The summed E-state index contributed by atoms with van der Waals surface area (Å²) in [7, 11) is 0. The number of carbonyl (C=O) groups is 2. The standard InChI is InChI=1S/C9H15NO2/c1-2-3-4-8(11)9(12)10-7-5-6-7/h7H,2-6H2,1H3,(H,10,12)/i4D/t4-/m0/s1. The lowest BCUT2D eigenvalue weighted by Crippen LogP contribution is -2.32. The zero-order valence-electron chi connectivity index (χ0n) is 8.30. The van der Waals surface area contributed by atoms with Crippen molar-refractivity contribution < 1.29 is 11.0 Å². The van der Waals surface area contributed by atoms with Crippen LogP contribution in [-0.4, -0.2) is 17.7 Å². The Morgan fingerprint density at radius 2 is 2.25 bits per heavy atom. The lowest BCUT2D eigenvalue weighted by atomic mass is 10.2. The third-order valence-corrected chi connectivity index (χ3v) is 1.75. The Kier molecular flexibility index (Phi) is 2.74. The number of carbonyl (C=O) groups excluding carboxylic acids is 2. The first-order chi connectivity index (χ1) is 6.15. The molecular weight excluding hydrogens is 154 g/mol. The lowest BCUT2D eigenvalue weighted by molar-refractivity contribution is -0.138. The van der Waals surface area contributed by atoms with Crippen molar-refractivity contribution >= 4 is 11.7 Å². The molecule has 0 saturated heterocycles. The Bertz CT molecular complexity index is 214. The van der Waals surface area contributed by atoms with E-state index in [1.807, 2.05) is 6.92 Å². The van der Waals surface area contributed by atoms with Crippen molar-refractivity contribution in [2.24, 2.45) is 0 Å². The summed E-state index contributed by atoms with van der Waals surface area (Å²) in [5.41, 5.74) is 0. The van der Waals surface area contributed by atoms with Crippen LogP contribution >= 0.6 is 0 Å². The maximum atomic E-state index is 11.2. The molecule has 3 nitrogen and oxygen atoms in total. The molecule has 0 heterocycles. The molecule has 1 atom stereocenters. The van der Waals surface area contributed by atoms with Crippen molar-refractivity contribution in [1.29, 1.82) is 0 Å². The number of nitrogens with one attached hydrogen (secondary N) is 1. The van der Waals surface area contributed by atoms with Crippen LogP contribution in [0.2, 0.25) is 0 Å². The minimum atomic E-state index is -0.872. The van der Waals surface area contributed by atoms with E-state index in [1.54, 1.807) is 0 Å². The molecule has 1 rings (SSSR count). The largest absolute Gasteiger partial charge is 0.347 e. The average Bonchev–Trinajstić information content (AvgIpc) is 2.87. The van der Waals surface area contributed by atoms with Crippen molar-refractivity contribution in [3.8, 4) is 0 Å². The maximum absolute atomic E-state index is 11.2. The van der Waals surface area contributed by atoms with Gasteiger partial charge in [-0.25, -0.2) is 0 Å². The molecular formula is C9H15NO2. The van der Waals surface area contributed by atoms with Crippen LogP contribution in [0.3, 0.4) is 0 Å².